The van der Waals surface area contributed by atoms with Gasteiger partial charge in [0.1, 0.15) is 13.2 Å². The average molecular weight is 388 g/mol. The fourth-order valence-corrected chi connectivity index (χ4v) is 3.17. The molecule has 0 aliphatic carbocycles. The number of anilines is 1. The van der Waals surface area contributed by atoms with Crippen molar-refractivity contribution in [2.45, 2.75) is 6.42 Å². The van der Waals surface area contributed by atoms with Gasteiger partial charge in [-0.3, -0.25) is 20.2 Å². The molecule has 0 saturated heterocycles. The van der Waals surface area contributed by atoms with E-state index in [9.17, 15) is 14.9 Å². The van der Waals surface area contributed by atoms with Crippen molar-refractivity contribution in [1.29, 1.82) is 0 Å². The van der Waals surface area contributed by atoms with Gasteiger partial charge in [0.05, 0.1) is 16.2 Å². The average Bonchev–Trinajstić information content (AvgIpc) is 3.31. The molecule has 0 bridgehead atoms. The Balaban J connectivity index is 1.42. The summed E-state index contributed by atoms with van der Waals surface area (Å²) < 4.78 is 16.4. The predicted molar refractivity (Wildman–Crippen MR) is 93.5 cm³/mol. The molecule has 3 aromatic rings. The zero-order chi connectivity index (χ0) is 18.8. The van der Waals surface area contributed by atoms with Crippen LogP contribution in [0.5, 0.6) is 11.5 Å². The van der Waals surface area contributed by atoms with Crippen molar-refractivity contribution in [2.75, 3.05) is 18.5 Å². The number of aromatic nitrogens is 2. The maximum Gasteiger partial charge on any atom is 0.324 e. The minimum absolute atomic E-state index is 0.0800. The molecule has 2 aromatic heterocycles. The van der Waals surface area contributed by atoms with Crippen LogP contribution in [-0.4, -0.2) is 34.2 Å². The van der Waals surface area contributed by atoms with E-state index in [0.29, 0.717) is 37.0 Å². The first-order valence-corrected chi connectivity index (χ1v) is 8.66. The molecule has 1 aromatic carbocycles. The summed E-state index contributed by atoms with van der Waals surface area (Å²) in [5.41, 5.74) is 0.884. The fraction of sp³-hybridized carbons (Fsp3) is 0.188. The summed E-state index contributed by atoms with van der Waals surface area (Å²) in [7, 11) is 0. The molecule has 11 heteroatoms. The van der Waals surface area contributed by atoms with Crippen LogP contribution in [-0.2, 0) is 6.42 Å². The number of fused-ring (bicyclic) bond motifs is 1. The summed E-state index contributed by atoms with van der Waals surface area (Å²) in [4.78, 5) is 22.4. The molecule has 1 N–H and O–H groups in total. The van der Waals surface area contributed by atoms with Crippen LogP contribution >= 0.6 is 11.3 Å². The smallest absolute Gasteiger partial charge is 0.324 e. The lowest BCUT2D eigenvalue weighted by molar-refractivity contribution is -0.380. The van der Waals surface area contributed by atoms with Crippen molar-refractivity contribution in [3.05, 3.63) is 56.8 Å². The van der Waals surface area contributed by atoms with Gasteiger partial charge >= 0.3 is 11.0 Å². The largest absolute Gasteiger partial charge is 0.486 e. The maximum atomic E-state index is 12.1. The minimum atomic E-state index is -0.556. The molecule has 0 spiro atoms. The van der Waals surface area contributed by atoms with Crippen molar-refractivity contribution >= 4 is 28.3 Å². The molecule has 4 rings (SSSR count). The van der Waals surface area contributed by atoms with Crippen LogP contribution in [0.4, 0.5) is 11.0 Å². The van der Waals surface area contributed by atoms with Crippen LogP contribution in [0.2, 0.25) is 0 Å². The van der Waals surface area contributed by atoms with Crippen LogP contribution in [0, 0.1) is 10.1 Å². The highest BCUT2D eigenvalue weighted by Gasteiger charge is 2.18. The number of hydrogen-bond acceptors (Lipinski definition) is 9. The lowest BCUT2D eigenvalue weighted by Crippen LogP contribution is -2.15. The third kappa shape index (κ3) is 3.72. The van der Waals surface area contributed by atoms with E-state index >= 15 is 0 Å². The van der Waals surface area contributed by atoms with Crippen molar-refractivity contribution < 1.29 is 23.6 Å². The monoisotopic (exact) mass is 388 g/mol. The Morgan fingerprint density at radius 3 is 2.78 bits per heavy atom. The molecule has 1 aliphatic heterocycles. The third-order valence-electron chi connectivity index (χ3n) is 3.64. The Morgan fingerprint density at radius 1 is 1.19 bits per heavy atom. The van der Waals surface area contributed by atoms with E-state index in [1.165, 1.54) is 12.1 Å². The number of thiophene rings is 1. The Hall–Kier alpha value is -3.47. The van der Waals surface area contributed by atoms with Crippen molar-refractivity contribution in [2.24, 2.45) is 0 Å². The number of benzene rings is 1. The number of ether oxygens (including phenoxy) is 2. The third-order valence-corrected chi connectivity index (χ3v) is 4.68. The summed E-state index contributed by atoms with van der Waals surface area (Å²) in [6.45, 7) is 1.01. The fourth-order valence-electron chi connectivity index (χ4n) is 2.45. The van der Waals surface area contributed by atoms with Crippen molar-refractivity contribution in [3.63, 3.8) is 0 Å². The first-order valence-electron chi connectivity index (χ1n) is 7.85. The maximum absolute atomic E-state index is 12.1. The zero-order valence-electron chi connectivity index (χ0n) is 13.7. The molecule has 0 atom stereocenters. The number of amides is 1. The highest BCUT2D eigenvalue weighted by atomic mass is 32.1. The van der Waals surface area contributed by atoms with E-state index in [0.717, 1.165) is 16.9 Å². The van der Waals surface area contributed by atoms with Crippen LogP contribution in [0.15, 0.2) is 34.7 Å². The number of nitro groups is 1. The normalized spacial score (nSPS) is 12.6. The van der Waals surface area contributed by atoms with Crippen molar-refractivity contribution in [1.82, 2.24) is 10.2 Å². The van der Waals surface area contributed by atoms with Crippen LogP contribution in [0.25, 0.3) is 0 Å². The van der Waals surface area contributed by atoms with Gasteiger partial charge in [-0.1, -0.05) is 22.5 Å². The van der Waals surface area contributed by atoms with E-state index in [2.05, 4.69) is 15.5 Å². The summed E-state index contributed by atoms with van der Waals surface area (Å²) in [5.74, 6) is 1.10. The van der Waals surface area contributed by atoms with Gasteiger partial charge in [0.15, 0.2) is 11.5 Å². The molecule has 0 unspecified atom stereocenters. The second kappa shape index (κ2) is 7.03. The van der Waals surface area contributed by atoms with E-state index in [1.54, 1.807) is 0 Å². The molecule has 0 radical (unpaired) electrons. The van der Waals surface area contributed by atoms with Gasteiger partial charge in [-0.05, 0) is 23.8 Å². The molecule has 138 valence electrons. The minimum Gasteiger partial charge on any atom is -0.486 e. The Bertz CT molecular complexity index is 1010. The van der Waals surface area contributed by atoms with E-state index in [4.69, 9.17) is 13.9 Å². The molecule has 0 fully saturated rings. The van der Waals surface area contributed by atoms with Gasteiger partial charge in [0, 0.05) is 6.07 Å². The first-order chi connectivity index (χ1) is 13.1. The van der Waals surface area contributed by atoms with Gasteiger partial charge < -0.3 is 13.9 Å². The van der Waals surface area contributed by atoms with Crippen molar-refractivity contribution in [3.8, 4) is 11.5 Å². The summed E-state index contributed by atoms with van der Waals surface area (Å²) in [6.07, 6.45) is 0.351. The number of carbonyl (C=O) groups is 1. The molecule has 3 heterocycles. The van der Waals surface area contributed by atoms with Gasteiger partial charge in [-0.15, -0.1) is 5.10 Å². The summed E-state index contributed by atoms with van der Waals surface area (Å²) >= 11 is 0.764. The molecular formula is C16H12N4O6S. The van der Waals surface area contributed by atoms with E-state index < -0.39 is 10.8 Å². The number of rotatable bonds is 5. The molecule has 27 heavy (non-hydrogen) atoms. The summed E-state index contributed by atoms with van der Waals surface area (Å²) in [6, 6.07) is 8.06. The van der Waals surface area contributed by atoms with Gasteiger partial charge in [0.25, 0.3) is 5.91 Å². The predicted octanol–water partition coefficient (Wildman–Crippen LogP) is 2.65. The molecule has 0 saturated carbocycles. The molecule has 10 nitrogen and oxygen atoms in total. The first kappa shape index (κ1) is 17.0. The van der Waals surface area contributed by atoms with E-state index in [-0.39, 0.29) is 15.9 Å². The Labute approximate surface area is 155 Å². The lowest BCUT2D eigenvalue weighted by Gasteiger charge is -2.18. The molecule has 1 amide bonds. The number of nitrogens with one attached hydrogen (secondary N) is 1. The topological polar surface area (TPSA) is 130 Å². The highest BCUT2D eigenvalue weighted by molar-refractivity contribution is 7.17. The molecular weight excluding hydrogens is 376 g/mol. The van der Waals surface area contributed by atoms with Gasteiger partial charge in [-0.25, -0.2) is 0 Å². The standard InChI is InChI=1S/C16H12N4O6S/c21-15(12-3-4-14(27-12)20(22)23)17-16-19-18-13(26-16)8-9-1-2-10-11(7-9)25-6-5-24-10/h1-4,7H,5-6,8H2,(H,17,19,21). The zero-order valence-corrected chi connectivity index (χ0v) is 14.5. The number of hydrogen-bond donors (Lipinski definition) is 1. The molecule has 1 aliphatic rings. The van der Waals surface area contributed by atoms with Gasteiger partial charge in [0.2, 0.25) is 5.89 Å². The van der Waals surface area contributed by atoms with E-state index in [1.807, 2.05) is 18.2 Å². The van der Waals surface area contributed by atoms with Crippen LogP contribution in [0.3, 0.4) is 0 Å². The second-order valence-electron chi connectivity index (χ2n) is 5.50. The van der Waals surface area contributed by atoms with Gasteiger partial charge in [-0.2, -0.15) is 0 Å². The van der Waals surface area contributed by atoms with Crippen LogP contribution < -0.4 is 14.8 Å². The number of carbonyl (C=O) groups excluding carboxylic acids is 1. The summed E-state index contributed by atoms with van der Waals surface area (Å²) in [5, 5.41) is 20.7. The quantitative estimate of drug-likeness (QED) is 0.521. The van der Waals surface area contributed by atoms with Crippen LogP contribution in [0.1, 0.15) is 21.1 Å². The highest BCUT2D eigenvalue weighted by Crippen LogP contribution is 2.31. The number of nitrogens with zero attached hydrogens (tertiary/aromatic N) is 3. The lowest BCUT2D eigenvalue weighted by atomic mass is 10.1. The SMILES string of the molecule is O=C(Nc1nnc(Cc2ccc3c(c2)OCCO3)o1)c1ccc([N+](=O)[O-])s1. The Morgan fingerprint density at radius 2 is 2.00 bits per heavy atom. The second-order valence-corrected chi connectivity index (χ2v) is 6.57. The Kier molecular flexibility index (Phi) is 4.42.